The second-order valence-corrected chi connectivity index (χ2v) is 5.01. The summed E-state index contributed by atoms with van der Waals surface area (Å²) in [6, 6.07) is 10.2. The van der Waals surface area contributed by atoms with E-state index in [1.807, 2.05) is 26.0 Å². The molecule has 1 aliphatic heterocycles. The Morgan fingerprint density at radius 3 is 2.65 bits per heavy atom. The Morgan fingerprint density at radius 2 is 1.90 bits per heavy atom. The van der Waals surface area contributed by atoms with E-state index < -0.39 is 0 Å². The fourth-order valence-corrected chi connectivity index (χ4v) is 2.55. The standard InChI is InChI=1S/C15H17N5/c1-10-9-11(2)18-15(17-10)19-14(16)20-8-7-12-5-3-4-6-13(12)20/h3-6,9H,7-8H2,1-2H3,(H2,16,17,18,19)/p+1. The lowest BCUT2D eigenvalue weighted by atomic mass is 10.2. The van der Waals surface area contributed by atoms with Crippen molar-refractivity contribution in [1.82, 2.24) is 9.97 Å². The monoisotopic (exact) mass is 268 g/mol. The van der Waals surface area contributed by atoms with Crippen LogP contribution in [0, 0.1) is 13.8 Å². The molecule has 2 heterocycles. The van der Waals surface area contributed by atoms with Crippen LogP contribution in [0.2, 0.25) is 0 Å². The van der Waals surface area contributed by atoms with Gasteiger partial charge in [0, 0.05) is 17.8 Å². The van der Waals surface area contributed by atoms with Crippen LogP contribution >= 0.6 is 0 Å². The van der Waals surface area contributed by atoms with E-state index in [0.29, 0.717) is 11.9 Å². The first-order valence-corrected chi connectivity index (χ1v) is 6.70. The van der Waals surface area contributed by atoms with Crippen LogP contribution in [0.4, 0.5) is 11.6 Å². The minimum Gasteiger partial charge on any atom is -0.290 e. The lowest BCUT2D eigenvalue weighted by Crippen LogP contribution is -2.32. The maximum atomic E-state index is 6.18. The molecule has 3 N–H and O–H groups in total. The van der Waals surface area contributed by atoms with Gasteiger partial charge in [-0.2, -0.15) is 0 Å². The summed E-state index contributed by atoms with van der Waals surface area (Å²) in [6.45, 7) is 4.77. The van der Waals surface area contributed by atoms with Crippen molar-refractivity contribution < 1.29 is 4.58 Å². The Hall–Kier alpha value is -2.43. The van der Waals surface area contributed by atoms with Crippen molar-refractivity contribution >= 4 is 17.6 Å². The number of hydrogen-bond donors (Lipinski definition) is 2. The SMILES string of the molecule is Cc1cc(C)nc(NC(N)=[N+]2CCc3ccccc32)n1. The fourth-order valence-electron chi connectivity index (χ4n) is 2.55. The van der Waals surface area contributed by atoms with Gasteiger partial charge in [0.2, 0.25) is 0 Å². The molecular weight excluding hydrogens is 250 g/mol. The maximum Gasteiger partial charge on any atom is 0.355 e. The number of para-hydroxylation sites is 1. The highest BCUT2D eigenvalue weighted by atomic mass is 15.3. The number of guanidine groups is 1. The van der Waals surface area contributed by atoms with Crippen LogP contribution in [0.5, 0.6) is 0 Å². The van der Waals surface area contributed by atoms with Crippen LogP contribution in [0.15, 0.2) is 30.3 Å². The van der Waals surface area contributed by atoms with Crippen LogP contribution in [0.25, 0.3) is 0 Å². The van der Waals surface area contributed by atoms with Crippen molar-refractivity contribution in [2.24, 2.45) is 5.73 Å². The number of nitrogens with two attached hydrogens (primary N) is 1. The molecule has 1 aromatic carbocycles. The molecule has 0 unspecified atom stereocenters. The third-order valence-electron chi connectivity index (χ3n) is 3.40. The predicted octanol–water partition coefficient (Wildman–Crippen LogP) is 1.72. The Labute approximate surface area is 118 Å². The second kappa shape index (κ2) is 4.92. The summed E-state index contributed by atoms with van der Waals surface area (Å²) < 4.78 is 2.07. The molecule has 0 spiro atoms. The summed E-state index contributed by atoms with van der Waals surface area (Å²) >= 11 is 0. The smallest absolute Gasteiger partial charge is 0.290 e. The summed E-state index contributed by atoms with van der Waals surface area (Å²) in [5.41, 5.74) is 10.5. The summed E-state index contributed by atoms with van der Waals surface area (Å²) in [5.74, 6) is 1.12. The quantitative estimate of drug-likeness (QED) is 0.610. The predicted molar refractivity (Wildman–Crippen MR) is 79.3 cm³/mol. The van der Waals surface area contributed by atoms with Crippen LogP contribution in [0.3, 0.4) is 0 Å². The molecule has 1 aliphatic rings. The molecule has 5 nitrogen and oxygen atoms in total. The number of nitrogens with zero attached hydrogens (tertiary/aromatic N) is 3. The lowest BCUT2D eigenvalue weighted by Gasteiger charge is -2.06. The molecule has 0 saturated carbocycles. The molecule has 102 valence electrons. The van der Waals surface area contributed by atoms with Crippen LogP contribution in [-0.4, -0.2) is 27.0 Å². The molecule has 0 fully saturated rings. The van der Waals surface area contributed by atoms with Gasteiger partial charge in [-0.3, -0.25) is 5.73 Å². The van der Waals surface area contributed by atoms with Gasteiger partial charge in [-0.15, -0.1) is 0 Å². The minimum absolute atomic E-state index is 0.546. The molecular formula is C15H18N5+. The number of fused-ring (bicyclic) bond motifs is 1. The van der Waals surface area contributed by atoms with Crippen molar-refractivity contribution in [2.75, 3.05) is 11.9 Å². The third-order valence-corrected chi connectivity index (χ3v) is 3.40. The van der Waals surface area contributed by atoms with Gasteiger partial charge in [0.15, 0.2) is 0 Å². The molecule has 0 atom stereocenters. The zero-order valence-corrected chi connectivity index (χ0v) is 11.7. The number of anilines is 1. The average molecular weight is 268 g/mol. The van der Waals surface area contributed by atoms with Crippen molar-refractivity contribution in [3.8, 4) is 0 Å². The van der Waals surface area contributed by atoms with E-state index in [1.54, 1.807) is 0 Å². The van der Waals surface area contributed by atoms with Gasteiger partial charge in [-0.25, -0.2) is 19.9 Å². The Kier molecular flexibility index (Phi) is 3.10. The number of rotatable bonds is 1. The number of aryl methyl sites for hydroxylation is 2. The second-order valence-electron chi connectivity index (χ2n) is 5.01. The largest absolute Gasteiger partial charge is 0.355 e. The van der Waals surface area contributed by atoms with Crippen molar-refractivity contribution in [3.05, 3.63) is 47.3 Å². The highest BCUT2D eigenvalue weighted by Gasteiger charge is 2.21. The van der Waals surface area contributed by atoms with E-state index in [0.717, 1.165) is 30.0 Å². The summed E-state index contributed by atoms with van der Waals surface area (Å²) in [7, 11) is 0. The summed E-state index contributed by atoms with van der Waals surface area (Å²) in [6.07, 6.45) is 1.01. The van der Waals surface area contributed by atoms with Gasteiger partial charge in [0.1, 0.15) is 5.69 Å². The summed E-state index contributed by atoms with van der Waals surface area (Å²) in [5, 5.41) is 3.10. The van der Waals surface area contributed by atoms with E-state index in [-0.39, 0.29) is 0 Å². The molecule has 0 saturated heterocycles. The fraction of sp³-hybridized carbons (Fsp3) is 0.267. The van der Waals surface area contributed by atoms with E-state index in [2.05, 4.69) is 38.1 Å². The van der Waals surface area contributed by atoms with E-state index >= 15 is 0 Å². The third kappa shape index (κ3) is 2.34. The Morgan fingerprint density at radius 1 is 1.20 bits per heavy atom. The minimum atomic E-state index is 0.546. The molecule has 1 aromatic heterocycles. The van der Waals surface area contributed by atoms with Crippen molar-refractivity contribution in [3.63, 3.8) is 0 Å². The van der Waals surface area contributed by atoms with Gasteiger partial charge in [-0.05, 0) is 31.5 Å². The molecule has 0 aliphatic carbocycles. The number of nitrogens with one attached hydrogen (secondary N) is 1. The van der Waals surface area contributed by atoms with E-state index in [1.165, 1.54) is 5.56 Å². The molecule has 0 bridgehead atoms. The zero-order chi connectivity index (χ0) is 14.1. The molecule has 3 rings (SSSR count). The maximum absolute atomic E-state index is 6.18. The first kappa shape index (κ1) is 12.6. The van der Waals surface area contributed by atoms with Gasteiger partial charge >= 0.3 is 5.96 Å². The van der Waals surface area contributed by atoms with E-state index in [4.69, 9.17) is 5.73 Å². The van der Waals surface area contributed by atoms with Gasteiger partial charge in [-0.1, -0.05) is 18.2 Å². The first-order valence-electron chi connectivity index (χ1n) is 6.70. The van der Waals surface area contributed by atoms with Crippen molar-refractivity contribution in [1.29, 1.82) is 0 Å². The summed E-state index contributed by atoms with van der Waals surface area (Å²) in [4.78, 5) is 8.70. The molecule has 5 heteroatoms. The lowest BCUT2D eigenvalue weighted by molar-refractivity contribution is -0.430. The van der Waals surface area contributed by atoms with Crippen LogP contribution in [-0.2, 0) is 6.42 Å². The highest BCUT2D eigenvalue weighted by molar-refractivity contribution is 5.87. The zero-order valence-electron chi connectivity index (χ0n) is 11.7. The Balaban J connectivity index is 1.93. The topological polar surface area (TPSA) is 66.8 Å². The number of aromatic nitrogens is 2. The first-order chi connectivity index (χ1) is 9.63. The van der Waals surface area contributed by atoms with Crippen LogP contribution < -0.4 is 11.1 Å². The normalized spacial score (nSPS) is 15.9. The van der Waals surface area contributed by atoms with Crippen molar-refractivity contribution in [2.45, 2.75) is 20.3 Å². The van der Waals surface area contributed by atoms with Gasteiger partial charge in [0.05, 0.1) is 6.54 Å². The Bertz CT molecular complexity index is 670. The molecule has 20 heavy (non-hydrogen) atoms. The molecule has 0 radical (unpaired) electrons. The van der Waals surface area contributed by atoms with Crippen LogP contribution in [0.1, 0.15) is 17.0 Å². The molecule has 2 aromatic rings. The number of hydrogen-bond acceptors (Lipinski definition) is 2. The van der Waals surface area contributed by atoms with Gasteiger partial charge in [0.25, 0.3) is 5.95 Å². The molecule has 0 amide bonds. The highest BCUT2D eigenvalue weighted by Crippen LogP contribution is 2.25. The van der Waals surface area contributed by atoms with E-state index in [9.17, 15) is 0 Å². The number of benzene rings is 1. The van der Waals surface area contributed by atoms with Gasteiger partial charge < -0.3 is 0 Å². The average Bonchev–Trinajstić information content (AvgIpc) is 2.81.